The van der Waals surface area contributed by atoms with Crippen LogP contribution in [0.5, 0.6) is 11.5 Å². The van der Waals surface area contributed by atoms with Crippen LogP contribution in [0.25, 0.3) is 0 Å². The normalized spacial score (nSPS) is 20.0. The van der Waals surface area contributed by atoms with Crippen molar-refractivity contribution in [2.45, 2.75) is 31.5 Å². The smallest absolute Gasteiger partial charge is 0.243 e. The first-order valence-corrected chi connectivity index (χ1v) is 15.0. The Hall–Kier alpha value is -4.03. The maximum Gasteiger partial charge on any atom is 0.243 e. The van der Waals surface area contributed by atoms with Crippen LogP contribution in [-0.2, 0) is 16.1 Å². The van der Waals surface area contributed by atoms with Gasteiger partial charge in [-0.15, -0.1) is 0 Å². The van der Waals surface area contributed by atoms with E-state index >= 15 is 0 Å². The molecule has 2 aliphatic rings. The summed E-state index contributed by atoms with van der Waals surface area (Å²) >= 11 is 1.51. The van der Waals surface area contributed by atoms with Gasteiger partial charge in [-0.3, -0.25) is 14.5 Å². The Morgan fingerprint density at radius 1 is 1.05 bits per heavy atom. The number of aromatic nitrogens is 2. The molecule has 41 heavy (non-hydrogen) atoms. The molecule has 0 aliphatic carbocycles. The largest absolute Gasteiger partial charge is 0.493 e. The molecule has 0 radical (unpaired) electrons. The average Bonchev–Trinajstić information content (AvgIpc) is 3.43. The Kier molecular flexibility index (Phi) is 9.42. The molecule has 5 rings (SSSR count). The molecule has 3 aromatic rings. The zero-order chi connectivity index (χ0) is 28.6. The molecular weight excluding hydrogens is 542 g/mol. The summed E-state index contributed by atoms with van der Waals surface area (Å²) in [5.74, 6) is 2.46. The monoisotopic (exact) mass is 577 g/mol. The fourth-order valence-electron chi connectivity index (χ4n) is 5.03. The molecule has 2 aliphatic heterocycles. The molecule has 6 bridgehead atoms. The zero-order valence-electron chi connectivity index (χ0n) is 23.2. The van der Waals surface area contributed by atoms with Crippen LogP contribution in [0.1, 0.15) is 18.4 Å². The van der Waals surface area contributed by atoms with Gasteiger partial charge >= 0.3 is 0 Å². The lowest BCUT2D eigenvalue weighted by Gasteiger charge is -2.26. The number of fused-ring (bicyclic) bond motifs is 7. The van der Waals surface area contributed by atoms with Crippen molar-refractivity contribution in [3.63, 3.8) is 0 Å². The van der Waals surface area contributed by atoms with E-state index in [2.05, 4.69) is 48.3 Å². The van der Waals surface area contributed by atoms with Crippen molar-refractivity contribution in [2.75, 3.05) is 49.4 Å². The molecule has 4 N–H and O–H groups in total. The zero-order valence-corrected chi connectivity index (χ0v) is 24.0. The van der Waals surface area contributed by atoms with Crippen molar-refractivity contribution in [2.24, 2.45) is 0 Å². The van der Waals surface area contributed by atoms with E-state index in [1.165, 1.54) is 18.1 Å². The second-order valence-electron chi connectivity index (χ2n) is 9.89. The van der Waals surface area contributed by atoms with Crippen LogP contribution in [0.3, 0.4) is 0 Å². The molecule has 2 aromatic carbocycles. The molecular formula is C29H35N7O4S. The summed E-state index contributed by atoms with van der Waals surface area (Å²) in [6, 6.07) is 14.5. The number of carbonyl (C=O) groups is 2. The summed E-state index contributed by atoms with van der Waals surface area (Å²) in [5.41, 5.74) is 2.71. The van der Waals surface area contributed by atoms with Gasteiger partial charge in [0.25, 0.3) is 0 Å². The molecule has 1 fully saturated rings. The third-order valence-electron chi connectivity index (χ3n) is 6.98. The van der Waals surface area contributed by atoms with Crippen LogP contribution in [0.2, 0.25) is 0 Å². The molecule has 12 heteroatoms. The number of ether oxygens (including phenoxy) is 2. The summed E-state index contributed by atoms with van der Waals surface area (Å²) in [6.45, 7) is 1.94. The molecule has 0 saturated carbocycles. The minimum atomic E-state index is -0.638. The van der Waals surface area contributed by atoms with Crippen molar-refractivity contribution in [3.05, 3.63) is 60.4 Å². The van der Waals surface area contributed by atoms with Gasteiger partial charge in [0.1, 0.15) is 30.6 Å². The number of methoxy groups -OCH3 is 1. The van der Waals surface area contributed by atoms with Gasteiger partial charge in [0.2, 0.25) is 11.8 Å². The van der Waals surface area contributed by atoms with Gasteiger partial charge in [-0.05, 0) is 55.5 Å². The van der Waals surface area contributed by atoms with E-state index in [-0.39, 0.29) is 31.0 Å². The second kappa shape index (κ2) is 13.6. The molecule has 0 unspecified atom stereocenters. The number of hydrogen-bond donors (Lipinski definition) is 4. The molecule has 1 saturated heterocycles. The summed E-state index contributed by atoms with van der Waals surface area (Å²) in [7, 11) is 1.57. The fourth-order valence-corrected chi connectivity index (χ4v) is 5.60. The lowest BCUT2D eigenvalue weighted by molar-refractivity contribution is -0.131. The highest BCUT2D eigenvalue weighted by Crippen LogP contribution is 2.31. The standard InChI is InChI=1S/C29H35N7O4S/c1-39-24-9-8-21-14-25(24)40-12-10-30-28(37)22(17-41-2)35-29(38)23-7-4-11-36(23)16-19-5-3-6-20(13-19)33-26-15-27(34-21)32-18-31-26/h3,5-6,8-9,13-15,18,22-23H,4,7,10-12,16-17H2,1-2H3,(H,30,37)(H,35,38)(H2,31,32,33,34)/t22-,23-/m0/s1. The summed E-state index contributed by atoms with van der Waals surface area (Å²) in [4.78, 5) is 37.3. The SMILES string of the molecule is COc1ccc2cc1OCCNC(=O)[C@H](CSC)NC(=O)[C@@H]1CCCN1Cc1cccc(c1)Nc1cc(ncn1)N2. The average molecular weight is 578 g/mol. The van der Waals surface area contributed by atoms with Crippen LogP contribution in [0.4, 0.5) is 23.0 Å². The Labute approximate surface area is 243 Å². The molecule has 2 atom stereocenters. The fraction of sp³-hybridized carbons (Fsp3) is 0.379. The van der Waals surface area contributed by atoms with Crippen LogP contribution >= 0.6 is 11.8 Å². The van der Waals surface area contributed by atoms with Gasteiger partial charge < -0.3 is 30.7 Å². The van der Waals surface area contributed by atoms with Crippen LogP contribution < -0.4 is 30.7 Å². The molecule has 11 nitrogen and oxygen atoms in total. The number of anilines is 4. The molecule has 1 aromatic heterocycles. The van der Waals surface area contributed by atoms with Crippen molar-refractivity contribution in [1.29, 1.82) is 0 Å². The number of thioether (sulfide) groups is 1. The highest BCUT2D eigenvalue weighted by Gasteiger charge is 2.33. The van der Waals surface area contributed by atoms with Crippen molar-refractivity contribution >= 4 is 46.6 Å². The Morgan fingerprint density at radius 3 is 2.63 bits per heavy atom. The van der Waals surface area contributed by atoms with Gasteiger partial charge in [-0.1, -0.05) is 12.1 Å². The second-order valence-corrected chi connectivity index (χ2v) is 10.8. The van der Waals surface area contributed by atoms with Crippen LogP contribution in [0, 0.1) is 0 Å². The van der Waals surface area contributed by atoms with Gasteiger partial charge in [0, 0.05) is 35.8 Å². The lowest BCUT2D eigenvalue weighted by Crippen LogP contribution is -2.53. The van der Waals surface area contributed by atoms with Gasteiger partial charge in [-0.25, -0.2) is 9.97 Å². The van der Waals surface area contributed by atoms with Gasteiger partial charge in [-0.2, -0.15) is 11.8 Å². The van der Waals surface area contributed by atoms with Gasteiger partial charge in [0.05, 0.1) is 19.7 Å². The Balaban J connectivity index is 1.43. The number of carbonyl (C=O) groups excluding carboxylic acids is 2. The quantitative estimate of drug-likeness (QED) is 0.368. The first-order valence-electron chi connectivity index (χ1n) is 13.6. The van der Waals surface area contributed by atoms with E-state index in [0.717, 1.165) is 36.3 Å². The highest BCUT2D eigenvalue weighted by molar-refractivity contribution is 7.98. The predicted molar refractivity (Wildman–Crippen MR) is 160 cm³/mol. The van der Waals surface area contributed by atoms with E-state index in [1.54, 1.807) is 13.2 Å². The maximum atomic E-state index is 13.4. The van der Waals surface area contributed by atoms with E-state index < -0.39 is 6.04 Å². The number of amides is 2. The maximum absolute atomic E-state index is 13.4. The van der Waals surface area contributed by atoms with E-state index in [4.69, 9.17) is 9.47 Å². The number of nitrogens with zero attached hydrogens (tertiary/aromatic N) is 3. The number of nitrogens with one attached hydrogen (secondary N) is 4. The van der Waals surface area contributed by atoms with Crippen LogP contribution in [-0.4, -0.2) is 77.6 Å². The molecule has 2 amide bonds. The highest BCUT2D eigenvalue weighted by atomic mass is 32.2. The molecule has 216 valence electrons. The third kappa shape index (κ3) is 7.39. The first-order chi connectivity index (χ1) is 20.0. The number of benzene rings is 2. The number of rotatable bonds is 3. The van der Waals surface area contributed by atoms with E-state index in [1.807, 2.05) is 36.6 Å². The minimum absolute atomic E-state index is 0.119. The predicted octanol–water partition coefficient (Wildman–Crippen LogP) is 3.29. The first kappa shape index (κ1) is 28.5. The lowest BCUT2D eigenvalue weighted by atomic mass is 10.1. The van der Waals surface area contributed by atoms with Crippen molar-refractivity contribution < 1.29 is 19.1 Å². The van der Waals surface area contributed by atoms with Crippen molar-refractivity contribution in [3.8, 4) is 11.5 Å². The number of hydrogen-bond acceptors (Lipinski definition) is 10. The topological polar surface area (TPSA) is 130 Å². The Morgan fingerprint density at radius 2 is 1.85 bits per heavy atom. The molecule has 3 heterocycles. The summed E-state index contributed by atoms with van der Waals surface area (Å²) in [6.07, 6.45) is 5.09. The molecule has 0 spiro atoms. The summed E-state index contributed by atoms with van der Waals surface area (Å²) in [5, 5.41) is 12.6. The third-order valence-corrected chi connectivity index (χ3v) is 7.65. The van der Waals surface area contributed by atoms with Crippen LogP contribution in [0.15, 0.2) is 54.9 Å². The van der Waals surface area contributed by atoms with Crippen molar-refractivity contribution in [1.82, 2.24) is 25.5 Å². The van der Waals surface area contributed by atoms with E-state index in [9.17, 15) is 9.59 Å². The minimum Gasteiger partial charge on any atom is -0.493 e. The Bertz CT molecular complexity index is 1370. The van der Waals surface area contributed by atoms with E-state index in [0.29, 0.717) is 35.4 Å². The summed E-state index contributed by atoms with van der Waals surface area (Å²) < 4.78 is 11.4. The van der Waals surface area contributed by atoms with Gasteiger partial charge in [0.15, 0.2) is 11.5 Å².